The summed E-state index contributed by atoms with van der Waals surface area (Å²) in [5.74, 6) is -1.46. The van der Waals surface area contributed by atoms with Crippen LogP contribution in [0.1, 0.15) is 20.3 Å². The molecule has 0 heterocycles. The molecular weight excluding hydrogens is 320 g/mol. The number of quaternary nitrogens is 1. The molecule has 0 saturated heterocycles. The highest BCUT2D eigenvalue weighted by atomic mass is 35.5. The molecular formula is C16H32ClN2O4-. The molecule has 0 aromatic heterocycles. The van der Waals surface area contributed by atoms with Crippen LogP contribution in [0.15, 0.2) is 24.3 Å². The number of carbonyl (C=O) groups is 2. The molecule has 0 aromatic rings. The maximum atomic E-state index is 10.8. The van der Waals surface area contributed by atoms with Gasteiger partial charge >= 0.3 is 5.97 Å². The molecule has 0 radical (unpaired) electrons. The van der Waals surface area contributed by atoms with E-state index in [-0.39, 0.29) is 23.9 Å². The number of aliphatic carboxylic acids is 1. The van der Waals surface area contributed by atoms with Crippen LogP contribution in [0.25, 0.3) is 0 Å². The van der Waals surface area contributed by atoms with Gasteiger partial charge in [0.2, 0.25) is 0 Å². The largest absolute Gasteiger partial charge is 1.00 e. The summed E-state index contributed by atoms with van der Waals surface area (Å²) < 4.78 is 4.83. The van der Waals surface area contributed by atoms with E-state index in [1.807, 2.05) is 19.0 Å². The normalized spacial score (nSPS) is 8.74. The predicted octanol–water partition coefficient (Wildman–Crippen LogP) is -3.87. The van der Waals surface area contributed by atoms with E-state index in [0.717, 1.165) is 6.54 Å². The number of carboxylic acid groups (broad SMARTS) is 1. The molecule has 0 aliphatic rings. The highest BCUT2D eigenvalue weighted by molar-refractivity contribution is 5.86. The average Bonchev–Trinajstić information content (AvgIpc) is 2.36. The Hall–Kier alpha value is -1.37. The highest BCUT2D eigenvalue weighted by Gasteiger charge is 2.01. The van der Waals surface area contributed by atoms with Crippen LogP contribution in [0.5, 0.6) is 0 Å². The van der Waals surface area contributed by atoms with Crippen LogP contribution in [-0.4, -0.2) is 65.2 Å². The van der Waals surface area contributed by atoms with Crippen molar-refractivity contribution in [3.8, 4) is 0 Å². The molecule has 1 N–H and O–H groups in total. The number of carbonyl (C=O) groups excluding carboxylic acids is 2. The molecule has 0 aliphatic carbocycles. The number of nitrogens with zero attached hydrogens (tertiary/aromatic N) is 1. The molecule has 0 bridgehead atoms. The third kappa shape index (κ3) is 33.5. The predicted molar refractivity (Wildman–Crippen MR) is 87.5 cm³/mol. The quantitative estimate of drug-likeness (QED) is 0.391. The van der Waals surface area contributed by atoms with Crippen molar-refractivity contribution in [3.05, 3.63) is 24.3 Å². The zero-order valence-electron chi connectivity index (χ0n) is 15.5. The molecule has 0 amide bonds. The van der Waals surface area contributed by atoms with E-state index in [4.69, 9.17) is 4.74 Å². The van der Waals surface area contributed by atoms with Gasteiger partial charge in [0.25, 0.3) is 0 Å². The maximum absolute atomic E-state index is 10.8. The first kappa shape index (κ1) is 29.6. The van der Waals surface area contributed by atoms with Crippen LogP contribution in [-0.2, 0) is 14.3 Å². The first-order chi connectivity index (χ1) is 9.95. The van der Waals surface area contributed by atoms with Crippen LogP contribution in [0.2, 0.25) is 0 Å². The topological polar surface area (TPSA) is 74.1 Å². The van der Waals surface area contributed by atoms with E-state index in [9.17, 15) is 14.7 Å². The van der Waals surface area contributed by atoms with E-state index in [1.54, 1.807) is 13.8 Å². The van der Waals surface area contributed by atoms with Gasteiger partial charge in [-0.15, -0.1) is 0 Å². The van der Waals surface area contributed by atoms with Gasteiger partial charge in [-0.2, -0.15) is 0 Å². The number of halogens is 1. The first-order valence-corrected chi connectivity index (χ1v) is 7.08. The van der Waals surface area contributed by atoms with Gasteiger partial charge in [0.1, 0.15) is 6.61 Å². The minimum absolute atomic E-state index is 0. The third-order valence-electron chi connectivity index (χ3n) is 1.84. The first-order valence-electron chi connectivity index (χ1n) is 7.08. The van der Waals surface area contributed by atoms with Crippen molar-refractivity contribution in [3.63, 3.8) is 0 Å². The van der Waals surface area contributed by atoms with Gasteiger partial charge in [-0.25, -0.2) is 4.79 Å². The summed E-state index contributed by atoms with van der Waals surface area (Å²) in [6.45, 7) is 11.2. The van der Waals surface area contributed by atoms with Gasteiger partial charge < -0.3 is 36.8 Å². The molecule has 0 unspecified atom stereocenters. The fraction of sp³-hybridized carbons (Fsp3) is 0.625. The summed E-state index contributed by atoms with van der Waals surface area (Å²) in [6.07, 6.45) is 0.461. The van der Waals surface area contributed by atoms with Crippen molar-refractivity contribution in [2.24, 2.45) is 0 Å². The Kier molecular flexibility index (Phi) is 24.1. The lowest BCUT2D eigenvalue weighted by atomic mass is 10.2. The van der Waals surface area contributed by atoms with Crippen LogP contribution >= 0.6 is 0 Å². The number of hydrogen-bond donors (Lipinski definition) is 1. The Morgan fingerprint density at radius 3 is 1.74 bits per heavy atom. The molecule has 0 atom stereocenters. The Balaban J connectivity index is -0.000000130. The standard InChI is InChI=1S/C8H15NO2.C5H8O2.C3H9N.ClH/c1-7(2)8(10)11-6-5-9(3)4;1-3-4(2)5(6)7;1-4(2)3;/h1,5-6H2,2-4H3;2-3H2,1H3,(H,6,7);1-3H3;1H/p-1. The second kappa shape index (κ2) is 18.7. The van der Waals surface area contributed by atoms with Crippen molar-refractivity contribution in [1.82, 2.24) is 4.90 Å². The number of likely N-dealkylation sites (N-methyl/N-ethyl adjacent to an activating group) is 1. The second-order valence-electron chi connectivity index (χ2n) is 5.46. The van der Waals surface area contributed by atoms with Crippen molar-refractivity contribution in [1.29, 1.82) is 0 Å². The smallest absolute Gasteiger partial charge is 0.333 e. The van der Waals surface area contributed by atoms with Gasteiger partial charge in [-0.3, -0.25) is 0 Å². The summed E-state index contributed by atoms with van der Waals surface area (Å²) >= 11 is 0. The lowest BCUT2D eigenvalue weighted by Crippen LogP contribution is -3.02. The van der Waals surface area contributed by atoms with E-state index < -0.39 is 5.97 Å². The molecule has 0 rings (SSSR count). The third-order valence-corrected chi connectivity index (χ3v) is 1.84. The van der Waals surface area contributed by atoms with Gasteiger partial charge in [0, 0.05) is 12.1 Å². The Bertz CT molecular complexity index is 353. The van der Waals surface area contributed by atoms with Gasteiger partial charge in [0.15, 0.2) is 0 Å². The summed E-state index contributed by atoms with van der Waals surface area (Å²) in [6, 6.07) is 0. The van der Waals surface area contributed by atoms with Crippen LogP contribution in [0, 0.1) is 0 Å². The number of nitrogens with one attached hydrogen (secondary N) is 1. The molecule has 0 saturated carbocycles. The highest BCUT2D eigenvalue weighted by Crippen LogP contribution is 1.91. The lowest BCUT2D eigenvalue weighted by molar-refractivity contribution is -0.836. The van der Waals surface area contributed by atoms with Gasteiger partial charge in [-0.1, -0.05) is 20.1 Å². The van der Waals surface area contributed by atoms with Crippen molar-refractivity contribution < 1.29 is 36.7 Å². The van der Waals surface area contributed by atoms with Crippen LogP contribution < -0.4 is 22.4 Å². The molecule has 0 aliphatic heterocycles. The monoisotopic (exact) mass is 351 g/mol. The fourth-order valence-electron chi connectivity index (χ4n) is 0.588. The summed E-state index contributed by atoms with van der Waals surface area (Å²) in [5.41, 5.74) is 0.601. The number of carboxylic acids is 1. The maximum Gasteiger partial charge on any atom is 0.333 e. The van der Waals surface area contributed by atoms with Gasteiger partial charge in [0.05, 0.1) is 27.1 Å². The summed E-state index contributed by atoms with van der Waals surface area (Å²) in [7, 11) is 10.1. The van der Waals surface area contributed by atoms with E-state index in [0.29, 0.717) is 18.6 Å². The molecule has 0 spiro atoms. The fourth-order valence-corrected chi connectivity index (χ4v) is 0.588. The number of ether oxygens (including phenoxy) is 1. The Morgan fingerprint density at radius 1 is 1.17 bits per heavy atom. The van der Waals surface area contributed by atoms with E-state index in [2.05, 4.69) is 34.3 Å². The molecule has 0 fully saturated rings. The van der Waals surface area contributed by atoms with Crippen molar-refractivity contribution >= 4 is 11.9 Å². The number of esters is 1. The average molecular weight is 352 g/mol. The molecule has 23 heavy (non-hydrogen) atoms. The molecule has 0 aromatic carbocycles. The van der Waals surface area contributed by atoms with Crippen LogP contribution in [0.4, 0.5) is 0 Å². The molecule has 6 nitrogen and oxygen atoms in total. The Labute approximate surface area is 147 Å². The SMILES string of the molecule is C=C(C)C(=O)OCCN(C)C.C=C(CC)C(=O)[O-].C[NH+](C)C.[Cl-]. The van der Waals surface area contributed by atoms with Crippen molar-refractivity contribution in [2.75, 3.05) is 48.4 Å². The van der Waals surface area contributed by atoms with Crippen LogP contribution in [0.3, 0.4) is 0 Å². The van der Waals surface area contributed by atoms with E-state index in [1.165, 1.54) is 4.90 Å². The number of hydrogen-bond acceptors (Lipinski definition) is 5. The summed E-state index contributed by atoms with van der Waals surface area (Å²) in [4.78, 5) is 23.9. The molecule has 138 valence electrons. The second-order valence-corrected chi connectivity index (χ2v) is 5.46. The lowest BCUT2D eigenvalue weighted by Gasteiger charge is -2.09. The van der Waals surface area contributed by atoms with Crippen molar-refractivity contribution in [2.45, 2.75) is 20.3 Å². The minimum Gasteiger partial charge on any atom is -1.00 e. The number of rotatable bonds is 6. The molecule has 7 heteroatoms. The van der Waals surface area contributed by atoms with Gasteiger partial charge in [-0.05, 0) is 33.0 Å². The summed E-state index contributed by atoms with van der Waals surface area (Å²) in [5, 5.41) is 9.72. The van der Waals surface area contributed by atoms with E-state index >= 15 is 0 Å². The Morgan fingerprint density at radius 2 is 1.57 bits per heavy atom. The zero-order chi connectivity index (χ0) is 18.3. The minimum atomic E-state index is -1.15. The zero-order valence-corrected chi connectivity index (χ0v) is 16.2.